The molecule has 230 valence electrons. The Hall–Kier alpha value is -4.40. The van der Waals surface area contributed by atoms with Crippen molar-refractivity contribution in [3.63, 3.8) is 0 Å². The van der Waals surface area contributed by atoms with Gasteiger partial charge in [0.15, 0.2) is 0 Å². The first kappa shape index (κ1) is 29.7. The zero-order valence-electron chi connectivity index (χ0n) is 23.9. The van der Waals surface area contributed by atoms with Crippen molar-refractivity contribution in [3.05, 3.63) is 59.2 Å². The minimum Gasteiger partial charge on any atom is -0.349 e. The first-order valence-electron chi connectivity index (χ1n) is 14.8. The fourth-order valence-electron chi connectivity index (χ4n) is 5.83. The Labute approximate surface area is 250 Å². The summed E-state index contributed by atoms with van der Waals surface area (Å²) in [5, 5.41) is 5.61. The first-order valence-corrected chi connectivity index (χ1v) is 14.8. The molecule has 8 nitrogen and oxygen atoms in total. The van der Waals surface area contributed by atoms with E-state index >= 15 is 0 Å². The third-order valence-corrected chi connectivity index (χ3v) is 8.45. The van der Waals surface area contributed by atoms with Crippen LogP contribution in [-0.2, 0) is 22.7 Å². The molecule has 0 bridgehead atoms. The molecule has 2 fully saturated rings. The Morgan fingerprint density at radius 2 is 1.09 bits per heavy atom. The molecule has 4 N–H and O–H groups in total. The van der Waals surface area contributed by atoms with Crippen molar-refractivity contribution in [2.24, 2.45) is 11.8 Å². The summed E-state index contributed by atoms with van der Waals surface area (Å²) in [4.78, 5) is 40.2. The second-order valence-corrected chi connectivity index (χ2v) is 11.8. The Balaban J connectivity index is 1.05. The number of halogens is 4. The Bertz CT molecular complexity index is 1620. The predicted octanol–water partition coefficient (Wildman–Crippen LogP) is 5.72. The molecule has 2 aliphatic carbocycles. The molecule has 12 heteroatoms. The van der Waals surface area contributed by atoms with Crippen LogP contribution in [0.5, 0.6) is 0 Å². The maximum Gasteiger partial charge on any atom is 0.248 e. The van der Waals surface area contributed by atoms with Crippen LogP contribution in [0.3, 0.4) is 0 Å². The van der Waals surface area contributed by atoms with Crippen molar-refractivity contribution >= 4 is 33.9 Å². The SMILES string of the molecule is O=C(NCc1nc2ccc(C#Cc3ccc4nc(CNC(=O)C5CCC(F)(F)CC5)[nH]c4c3)cc2[nH]1)C1CCC(F)(F)CC1. The third-order valence-electron chi connectivity index (χ3n) is 8.45. The van der Waals surface area contributed by atoms with Crippen molar-refractivity contribution in [1.29, 1.82) is 0 Å². The van der Waals surface area contributed by atoms with Gasteiger partial charge in [-0.15, -0.1) is 0 Å². The van der Waals surface area contributed by atoms with Crippen LogP contribution in [-0.4, -0.2) is 43.6 Å². The van der Waals surface area contributed by atoms with E-state index in [4.69, 9.17) is 0 Å². The van der Waals surface area contributed by atoms with Gasteiger partial charge in [-0.1, -0.05) is 11.8 Å². The summed E-state index contributed by atoms with van der Waals surface area (Å²) >= 11 is 0. The molecule has 0 unspecified atom stereocenters. The van der Waals surface area contributed by atoms with Crippen LogP contribution < -0.4 is 10.6 Å². The molecule has 4 aromatic rings. The first-order chi connectivity index (χ1) is 21.0. The summed E-state index contributed by atoms with van der Waals surface area (Å²) in [5.41, 5.74) is 4.47. The molecular weight excluding hydrogens is 576 g/mol. The van der Waals surface area contributed by atoms with Crippen molar-refractivity contribution < 1.29 is 27.2 Å². The number of nitrogens with one attached hydrogen (secondary N) is 4. The molecular formula is C32H32F4N6O2. The molecule has 2 aromatic carbocycles. The normalized spacial score (nSPS) is 18.5. The van der Waals surface area contributed by atoms with Crippen LogP contribution in [0.2, 0.25) is 0 Å². The van der Waals surface area contributed by atoms with Crippen LogP contribution in [0.15, 0.2) is 36.4 Å². The number of aromatic amines is 2. The zero-order chi connectivity index (χ0) is 30.9. The van der Waals surface area contributed by atoms with E-state index in [1.165, 1.54) is 0 Å². The van der Waals surface area contributed by atoms with Gasteiger partial charge >= 0.3 is 0 Å². The lowest BCUT2D eigenvalue weighted by Gasteiger charge is -2.27. The van der Waals surface area contributed by atoms with Crippen LogP contribution >= 0.6 is 0 Å². The number of amides is 2. The number of hydrogen-bond donors (Lipinski definition) is 4. The number of fused-ring (bicyclic) bond motifs is 2. The van der Waals surface area contributed by atoms with Crippen molar-refractivity contribution in [3.8, 4) is 11.8 Å². The van der Waals surface area contributed by atoms with Gasteiger partial charge in [0.25, 0.3) is 0 Å². The van der Waals surface area contributed by atoms with Crippen LogP contribution in [0.1, 0.15) is 74.1 Å². The van der Waals surface area contributed by atoms with E-state index in [2.05, 4.69) is 42.4 Å². The van der Waals surface area contributed by atoms with Crippen LogP contribution in [0.4, 0.5) is 17.6 Å². The summed E-state index contributed by atoms with van der Waals surface area (Å²) in [7, 11) is 0. The lowest BCUT2D eigenvalue weighted by Crippen LogP contribution is -2.35. The fraction of sp³-hybridized carbons (Fsp3) is 0.438. The van der Waals surface area contributed by atoms with E-state index in [9.17, 15) is 27.2 Å². The molecule has 2 aliphatic rings. The fourth-order valence-corrected chi connectivity index (χ4v) is 5.83. The highest BCUT2D eigenvalue weighted by Crippen LogP contribution is 2.37. The lowest BCUT2D eigenvalue weighted by atomic mass is 9.86. The molecule has 2 heterocycles. The van der Waals surface area contributed by atoms with Gasteiger partial charge in [0.05, 0.1) is 35.2 Å². The number of hydrogen-bond acceptors (Lipinski definition) is 4. The van der Waals surface area contributed by atoms with Gasteiger partial charge in [-0.3, -0.25) is 9.59 Å². The molecule has 0 radical (unpaired) electrons. The van der Waals surface area contributed by atoms with Crippen molar-refractivity contribution in [2.45, 2.75) is 76.3 Å². The van der Waals surface area contributed by atoms with E-state index < -0.39 is 23.7 Å². The van der Waals surface area contributed by atoms with Crippen molar-refractivity contribution in [2.75, 3.05) is 0 Å². The van der Waals surface area contributed by atoms with E-state index in [1.54, 1.807) is 0 Å². The van der Waals surface area contributed by atoms with Crippen LogP contribution in [0, 0.1) is 23.7 Å². The monoisotopic (exact) mass is 608 g/mol. The quantitative estimate of drug-likeness (QED) is 0.166. The second kappa shape index (κ2) is 11.9. The summed E-state index contributed by atoms with van der Waals surface area (Å²) in [5.74, 6) is 0.813. The van der Waals surface area contributed by atoms with Gasteiger partial charge in [0.2, 0.25) is 23.7 Å². The maximum absolute atomic E-state index is 13.4. The molecule has 2 aromatic heterocycles. The van der Waals surface area contributed by atoms with Gasteiger partial charge in [-0.05, 0) is 62.1 Å². The summed E-state index contributed by atoms with van der Waals surface area (Å²) < 4.78 is 53.5. The number of carbonyl (C=O) groups excluding carboxylic acids is 2. The van der Waals surface area contributed by atoms with Gasteiger partial charge in [0.1, 0.15) is 11.6 Å². The summed E-state index contributed by atoms with van der Waals surface area (Å²) in [6.07, 6.45) is -0.306. The number of carbonyl (C=O) groups is 2. The highest BCUT2D eigenvalue weighted by molar-refractivity contribution is 5.81. The average molecular weight is 609 g/mol. The standard InChI is InChI=1S/C32H32F4N6O2/c33-31(34)11-7-21(8-12-31)29(43)37-17-27-39-23-5-3-19(15-25(23)41-27)1-2-20-4-6-24-26(16-20)42-28(40-24)18-38-30(44)22-9-13-32(35,36)14-10-22/h3-6,15-16,21-22H,7-14,17-18H2,(H,37,43)(H,38,44)(H,39,41)(H,40,42). The molecule has 2 saturated carbocycles. The van der Waals surface area contributed by atoms with E-state index in [1.807, 2.05) is 36.4 Å². The van der Waals surface area contributed by atoms with E-state index in [-0.39, 0.29) is 76.3 Å². The smallest absolute Gasteiger partial charge is 0.248 e. The van der Waals surface area contributed by atoms with Gasteiger partial charge < -0.3 is 20.6 Å². The Kier molecular flexibility index (Phi) is 8.05. The molecule has 0 spiro atoms. The topological polar surface area (TPSA) is 116 Å². The number of rotatable bonds is 6. The number of aromatic nitrogens is 4. The summed E-state index contributed by atoms with van der Waals surface area (Å²) in [6, 6.07) is 11.1. The number of alkyl halides is 4. The number of H-pyrrole nitrogens is 2. The minimum absolute atomic E-state index is 0.177. The predicted molar refractivity (Wildman–Crippen MR) is 156 cm³/mol. The number of benzene rings is 2. The molecule has 0 saturated heterocycles. The highest BCUT2D eigenvalue weighted by Gasteiger charge is 2.38. The van der Waals surface area contributed by atoms with Gasteiger partial charge in [-0.2, -0.15) is 0 Å². The third kappa shape index (κ3) is 7.04. The molecule has 2 amide bonds. The van der Waals surface area contributed by atoms with Gasteiger partial charge in [-0.25, -0.2) is 27.5 Å². The Morgan fingerprint density at radius 3 is 1.48 bits per heavy atom. The van der Waals surface area contributed by atoms with Gasteiger partial charge in [0, 0.05) is 48.6 Å². The number of nitrogens with zero attached hydrogens (tertiary/aromatic N) is 2. The van der Waals surface area contributed by atoms with Crippen molar-refractivity contribution in [1.82, 2.24) is 30.6 Å². The zero-order valence-corrected chi connectivity index (χ0v) is 23.9. The van der Waals surface area contributed by atoms with E-state index in [0.717, 1.165) is 33.2 Å². The lowest BCUT2D eigenvalue weighted by molar-refractivity contribution is -0.130. The number of imidazole rings is 2. The maximum atomic E-state index is 13.4. The van der Waals surface area contributed by atoms with E-state index in [0.29, 0.717) is 11.6 Å². The minimum atomic E-state index is -2.67. The molecule has 0 atom stereocenters. The van der Waals surface area contributed by atoms with Crippen LogP contribution in [0.25, 0.3) is 22.1 Å². The molecule has 6 rings (SSSR count). The largest absolute Gasteiger partial charge is 0.349 e. The summed E-state index contributed by atoms with van der Waals surface area (Å²) in [6.45, 7) is 0.355. The average Bonchev–Trinajstić information content (AvgIpc) is 3.60. The Morgan fingerprint density at radius 1 is 0.705 bits per heavy atom. The second-order valence-electron chi connectivity index (χ2n) is 11.8. The molecule has 0 aliphatic heterocycles. The highest BCUT2D eigenvalue weighted by atomic mass is 19.3. The molecule has 44 heavy (non-hydrogen) atoms.